The third-order valence-electron chi connectivity index (χ3n) is 5.08. The van der Waals surface area contributed by atoms with Crippen LogP contribution < -0.4 is 14.8 Å². The van der Waals surface area contributed by atoms with Gasteiger partial charge < -0.3 is 14.8 Å². The van der Waals surface area contributed by atoms with E-state index in [-0.39, 0.29) is 6.42 Å². The molecule has 3 aromatic rings. The summed E-state index contributed by atoms with van der Waals surface area (Å²) in [5.74, 6) is -0.987. The normalized spacial score (nSPS) is 16.8. The van der Waals surface area contributed by atoms with E-state index in [1.807, 2.05) is 49.5 Å². The number of likely N-dealkylation sites (N-methyl/N-ethyl adjacent to an activating group) is 1. The van der Waals surface area contributed by atoms with Crippen LogP contribution in [-0.4, -0.2) is 57.4 Å². The monoisotopic (exact) mass is 444 g/mol. The lowest BCUT2D eigenvalue weighted by molar-refractivity contribution is -0.0258. The number of aryl methyl sites for hydroxylation is 1. The van der Waals surface area contributed by atoms with Gasteiger partial charge in [-0.1, -0.05) is 0 Å². The molecule has 1 N–H and O–H groups in total. The topological polar surface area (TPSA) is 77.3 Å². The molecule has 8 nitrogen and oxygen atoms in total. The number of hydrogen-bond acceptors (Lipinski definition) is 7. The number of hydrogen-bond donors (Lipinski definition) is 1. The first-order valence-electron chi connectivity index (χ1n) is 10.2. The zero-order chi connectivity index (χ0) is 22.9. The standard InChI is InChI=1S/C22H26F2N6O2/c1-22(23,24)9-16-13-29(2)11-14-5-7-18(27-20(14)32-16)26-19-8-6-17(21(28-19)31-4)15-10-25-30(3)12-15/h5-8,10,12,16H,9,11,13H2,1-4H3,(H,26,27,28). The molecule has 0 aromatic carbocycles. The lowest BCUT2D eigenvalue weighted by atomic mass is 10.1. The Balaban J connectivity index is 1.57. The summed E-state index contributed by atoms with van der Waals surface area (Å²) in [5, 5.41) is 7.33. The first-order chi connectivity index (χ1) is 15.2. The molecule has 3 aromatic heterocycles. The van der Waals surface area contributed by atoms with Crippen molar-refractivity contribution in [1.82, 2.24) is 24.6 Å². The molecule has 1 unspecified atom stereocenters. The predicted octanol–water partition coefficient (Wildman–Crippen LogP) is 3.87. The van der Waals surface area contributed by atoms with Crippen molar-refractivity contribution < 1.29 is 18.3 Å². The molecule has 0 saturated heterocycles. The van der Waals surface area contributed by atoms with Crippen LogP contribution in [-0.2, 0) is 13.6 Å². The summed E-state index contributed by atoms with van der Waals surface area (Å²) in [5.41, 5.74) is 2.55. The maximum atomic E-state index is 13.6. The Labute approximate surface area is 185 Å². The molecular weight excluding hydrogens is 418 g/mol. The van der Waals surface area contributed by atoms with E-state index in [9.17, 15) is 8.78 Å². The van der Waals surface area contributed by atoms with Crippen LogP contribution in [0.25, 0.3) is 11.1 Å². The fraction of sp³-hybridized carbons (Fsp3) is 0.409. The summed E-state index contributed by atoms with van der Waals surface area (Å²) in [4.78, 5) is 11.0. The van der Waals surface area contributed by atoms with E-state index in [1.165, 1.54) is 0 Å². The zero-order valence-electron chi connectivity index (χ0n) is 18.5. The van der Waals surface area contributed by atoms with Crippen LogP contribution in [0, 0.1) is 0 Å². The molecule has 32 heavy (non-hydrogen) atoms. The van der Waals surface area contributed by atoms with Gasteiger partial charge in [-0.05, 0) is 38.2 Å². The van der Waals surface area contributed by atoms with E-state index in [0.29, 0.717) is 36.5 Å². The van der Waals surface area contributed by atoms with Gasteiger partial charge in [-0.25, -0.2) is 8.78 Å². The quantitative estimate of drug-likeness (QED) is 0.619. The molecule has 0 aliphatic carbocycles. The van der Waals surface area contributed by atoms with Crippen molar-refractivity contribution >= 4 is 11.6 Å². The third kappa shape index (κ3) is 5.13. The summed E-state index contributed by atoms with van der Waals surface area (Å²) in [6.07, 6.45) is 2.60. The van der Waals surface area contributed by atoms with E-state index >= 15 is 0 Å². The van der Waals surface area contributed by atoms with Crippen LogP contribution in [0.2, 0.25) is 0 Å². The van der Waals surface area contributed by atoms with Crippen molar-refractivity contribution in [2.24, 2.45) is 7.05 Å². The van der Waals surface area contributed by atoms with E-state index in [2.05, 4.69) is 20.4 Å². The smallest absolute Gasteiger partial charge is 0.249 e. The van der Waals surface area contributed by atoms with Gasteiger partial charge in [-0.3, -0.25) is 9.58 Å². The number of rotatable bonds is 6. The minimum absolute atomic E-state index is 0.354. The molecule has 0 saturated carbocycles. The second kappa shape index (κ2) is 8.70. The van der Waals surface area contributed by atoms with Crippen molar-refractivity contribution in [3.8, 4) is 22.9 Å². The second-order valence-corrected chi connectivity index (χ2v) is 8.15. The molecule has 0 fully saturated rings. The Hall–Kier alpha value is -3.27. The van der Waals surface area contributed by atoms with Crippen molar-refractivity contribution in [3.05, 3.63) is 42.2 Å². The van der Waals surface area contributed by atoms with Crippen molar-refractivity contribution in [2.45, 2.75) is 31.9 Å². The van der Waals surface area contributed by atoms with Crippen LogP contribution in [0.3, 0.4) is 0 Å². The van der Waals surface area contributed by atoms with Gasteiger partial charge in [-0.15, -0.1) is 0 Å². The van der Waals surface area contributed by atoms with Crippen molar-refractivity contribution in [2.75, 3.05) is 26.0 Å². The van der Waals surface area contributed by atoms with E-state index in [1.54, 1.807) is 18.0 Å². The molecule has 0 amide bonds. The number of alkyl halides is 2. The maximum Gasteiger partial charge on any atom is 0.249 e. The van der Waals surface area contributed by atoms with Crippen LogP contribution in [0.1, 0.15) is 18.9 Å². The minimum atomic E-state index is -2.82. The lowest BCUT2D eigenvalue weighted by Gasteiger charge is -2.22. The highest BCUT2D eigenvalue weighted by Crippen LogP contribution is 2.32. The number of nitrogens with one attached hydrogen (secondary N) is 1. The van der Waals surface area contributed by atoms with E-state index in [4.69, 9.17) is 9.47 Å². The fourth-order valence-electron chi connectivity index (χ4n) is 3.74. The summed E-state index contributed by atoms with van der Waals surface area (Å²) >= 11 is 0. The Bertz CT molecular complexity index is 1100. The molecule has 0 spiro atoms. The Morgan fingerprint density at radius 2 is 1.94 bits per heavy atom. The number of anilines is 2. The van der Waals surface area contributed by atoms with Gasteiger partial charge in [0.2, 0.25) is 17.7 Å². The van der Waals surface area contributed by atoms with Gasteiger partial charge in [0.1, 0.15) is 17.7 Å². The van der Waals surface area contributed by atoms with Gasteiger partial charge in [0.05, 0.1) is 13.3 Å². The summed E-state index contributed by atoms with van der Waals surface area (Å²) in [6.45, 7) is 1.87. The Morgan fingerprint density at radius 1 is 1.19 bits per heavy atom. The van der Waals surface area contributed by atoms with Gasteiger partial charge in [-0.2, -0.15) is 15.1 Å². The molecule has 170 valence electrons. The molecular formula is C22H26F2N6O2. The van der Waals surface area contributed by atoms with Gasteiger partial charge in [0, 0.05) is 49.4 Å². The average Bonchev–Trinajstić information content (AvgIpc) is 3.07. The molecule has 0 bridgehead atoms. The van der Waals surface area contributed by atoms with E-state index in [0.717, 1.165) is 23.6 Å². The summed E-state index contributed by atoms with van der Waals surface area (Å²) in [7, 11) is 5.28. The largest absolute Gasteiger partial charge is 0.480 e. The van der Waals surface area contributed by atoms with Gasteiger partial charge in [0.15, 0.2) is 0 Å². The number of halogens is 2. The third-order valence-corrected chi connectivity index (χ3v) is 5.08. The highest BCUT2D eigenvalue weighted by molar-refractivity contribution is 5.70. The van der Waals surface area contributed by atoms with Crippen LogP contribution in [0.4, 0.5) is 20.4 Å². The lowest BCUT2D eigenvalue weighted by Crippen LogP contribution is -2.34. The SMILES string of the molecule is COc1nc(Nc2ccc3c(n2)OC(CC(C)(F)F)CN(C)C3)ccc1-c1cnn(C)c1. The fourth-order valence-corrected chi connectivity index (χ4v) is 3.74. The van der Waals surface area contributed by atoms with Gasteiger partial charge in [0.25, 0.3) is 0 Å². The number of aromatic nitrogens is 4. The molecule has 1 aliphatic heterocycles. The number of pyridine rings is 2. The number of fused-ring (bicyclic) bond motifs is 1. The molecule has 0 radical (unpaired) electrons. The number of methoxy groups -OCH3 is 1. The van der Waals surface area contributed by atoms with Crippen LogP contribution in [0.15, 0.2) is 36.7 Å². The average molecular weight is 444 g/mol. The van der Waals surface area contributed by atoms with Crippen molar-refractivity contribution in [1.29, 1.82) is 0 Å². The first kappa shape index (κ1) is 21.9. The molecule has 4 heterocycles. The summed E-state index contributed by atoms with van der Waals surface area (Å²) in [6, 6.07) is 7.40. The molecule has 1 aliphatic rings. The molecule has 4 rings (SSSR count). The Morgan fingerprint density at radius 3 is 2.62 bits per heavy atom. The Kier molecular flexibility index (Phi) is 5.96. The van der Waals surface area contributed by atoms with E-state index < -0.39 is 12.0 Å². The molecule has 10 heteroatoms. The van der Waals surface area contributed by atoms with Crippen LogP contribution >= 0.6 is 0 Å². The second-order valence-electron chi connectivity index (χ2n) is 8.15. The van der Waals surface area contributed by atoms with Gasteiger partial charge >= 0.3 is 0 Å². The maximum absolute atomic E-state index is 13.6. The number of ether oxygens (including phenoxy) is 2. The summed E-state index contributed by atoms with van der Waals surface area (Å²) < 4.78 is 40.2. The minimum Gasteiger partial charge on any atom is -0.480 e. The highest BCUT2D eigenvalue weighted by Gasteiger charge is 2.31. The number of nitrogens with zero attached hydrogens (tertiary/aromatic N) is 5. The predicted molar refractivity (Wildman–Crippen MR) is 116 cm³/mol. The highest BCUT2D eigenvalue weighted by atomic mass is 19.3. The van der Waals surface area contributed by atoms with Crippen molar-refractivity contribution in [3.63, 3.8) is 0 Å². The molecule has 1 atom stereocenters. The van der Waals surface area contributed by atoms with Crippen LogP contribution in [0.5, 0.6) is 11.8 Å². The first-order valence-corrected chi connectivity index (χ1v) is 10.2. The zero-order valence-corrected chi connectivity index (χ0v) is 18.5.